The minimum absolute atomic E-state index is 0.0387. The van der Waals surface area contributed by atoms with Gasteiger partial charge in [-0.05, 0) is 37.6 Å². The summed E-state index contributed by atoms with van der Waals surface area (Å²) in [5.74, 6) is -0.450. The van der Waals surface area contributed by atoms with E-state index >= 15 is 0 Å². The topological polar surface area (TPSA) is 98.0 Å². The number of hydrogen-bond donors (Lipinski definition) is 2. The molecule has 1 aromatic carbocycles. The van der Waals surface area contributed by atoms with Crippen LogP contribution >= 0.6 is 0 Å². The van der Waals surface area contributed by atoms with Crippen molar-refractivity contribution in [2.75, 3.05) is 13.2 Å². The largest absolute Gasteiger partial charge is 0.485 e. The Balaban J connectivity index is 1.63. The molecule has 0 spiro atoms. The number of carboxylic acids is 1. The van der Waals surface area contributed by atoms with Crippen molar-refractivity contribution in [2.24, 2.45) is 0 Å². The summed E-state index contributed by atoms with van der Waals surface area (Å²) in [5.41, 5.74) is 0.758. The highest BCUT2D eigenvalue weighted by atomic mass is 16.5. The van der Waals surface area contributed by atoms with E-state index < -0.39 is 17.4 Å². The van der Waals surface area contributed by atoms with Gasteiger partial charge in [0.25, 0.3) is 5.91 Å². The average Bonchev–Trinajstić information content (AvgIpc) is 3.24. The second-order valence-corrected chi connectivity index (χ2v) is 6.47. The summed E-state index contributed by atoms with van der Waals surface area (Å²) in [5, 5.41) is 11.9. The molecule has 1 aliphatic rings. The molecule has 0 bridgehead atoms. The Labute approximate surface area is 150 Å². The molecule has 1 saturated heterocycles. The predicted molar refractivity (Wildman–Crippen MR) is 92.2 cm³/mol. The van der Waals surface area contributed by atoms with E-state index in [-0.39, 0.29) is 25.4 Å². The van der Waals surface area contributed by atoms with Gasteiger partial charge in [0.05, 0.1) is 6.61 Å². The summed E-state index contributed by atoms with van der Waals surface area (Å²) in [6, 6.07) is 9.00. The van der Waals surface area contributed by atoms with Crippen molar-refractivity contribution in [1.82, 2.24) is 5.32 Å². The molecule has 0 aliphatic carbocycles. The average molecular weight is 359 g/mol. The van der Waals surface area contributed by atoms with Crippen LogP contribution in [-0.4, -0.2) is 35.7 Å². The molecule has 138 valence electrons. The van der Waals surface area contributed by atoms with Gasteiger partial charge in [0.15, 0.2) is 11.3 Å². The fraction of sp³-hybridized carbons (Fsp3) is 0.368. The number of furan rings is 1. The van der Waals surface area contributed by atoms with Gasteiger partial charge in [0.2, 0.25) is 0 Å². The Morgan fingerprint density at radius 3 is 2.73 bits per heavy atom. The molecule has 3 rings (SSSR count). The summed E-state index contributed by atoms with van der Waals surface area (Å²) in [6.07, 6.45) is 0.220. The molecule has 0 saturated carbocycles. The first-order valence-corrected chi connectivity index (χ1v) is 8.32. The highest BCUT2D eigenvalue weighted by Gasteiger charge is 2.44. The minimum atomic E-state index is -1.40. The van der Waals surface area contributed by atoms with Crippen molar-refractivity contribution in [1.29, 1.82) is 0 Å². The van der Waals surface area contributed by atoms with Gasteiger partial charge in [0, 0.05) is 13.0 Å². The fourth-order valence-electron chi connectivity index (χ4n) is 2.85. The van der Waals surface area contributed by atoms with E-state index in [2.05, 4.69) is 5.32 Å². The summed E-state index contributed by atoms with van der Waals surface area (Å²) < 4.78 is 16.3. The smallest absolute Gasteiger partial charge is 0.331 e. The van der Waals surface area contributed by atoms with E-state index in [1.165, 1.54) is 6.07 Å². The maximum atomic E-state index is 12.3. The fourth-order valence-corrected chi connectivity index (χ4v) is 2.85. The number of nitrogens with one attached hydrogen (secondary N) is 1. The number of ether oxygens (including phenoxy) is 2. The SMILES string of the molecule is Cc1ccc(OCc2ccc(C(=O)NC3(C(=O)O)CCOC3)o2)c(C)c1. The van der Waals surface area contributed by atoms with Crippen LogP contribution in [0.1, 0.15) is 33.9 Å². The molecular weight excluding hydrogens is 338 g/mol. The van der Waals surface area contributed by atoms with Crippen molar-refractivity contribution in [3.63, 3.8) is 0 Å². The molecule has 0 radical (unpaired) electrons. The number of aliphatic carboxylic acids is 1. The molecule has 26 heavy (non-hydrogen) atoms. The molecule has 7 nitrogen and oxygen atoms in total. The second-order valence-electron chi connectivity index (χ2n) is 6.47. The molecule has 2 heterocycles. The van der Waals surface area contributed by atoms with Gasteiger partial charge in [-0.25, -0.2) is 4.79 Å². The van der Waals surface area contributed by atoms with Crippen molar-refractivity contribution in [3.8, 4) is 5.75 Å². The molecule has 2 N–H and O–H groups in total. The highest BCUT2D eigenvalue weighted by molar-refractivity contribution is 5.96. The standard InChI is InChI=1S/C19H21NO6/c1-12-3-5-15(13(2)9-12)25-10-14-4-6-16(26-14)17(21)20-19(18(22)23)7-8-24-11-19/h3-6,9H,7-8,10-11H2,1-2H3,(H,20,21)(H,22,23). The maximum absolute atomic E-state index is 12.3. The summed E-state index contributed by atoms with van der Waals surface area (Å²) in [6.45, 7) is 4.37. The van der Waals surface area contributed by atoms with Gasteiger partial charge in [-0.3, -0.25) is 4.79 Å². The zero-order chi connectivity index (χ0) is 18.7. The van der Waals surface area contributed by atoms with E-state index in [0.717, 1.165) is 16.9 Å². The summed E-state index contributed by atoms with van der Waals surface area (Å²) in [4.78, 5) is 23.8. The van der Waals surface area contributed by atoms with Crippen molar-refractivity contribution < 1.29 is 28.6 Å². The molecular formula is C19H21NO6. The van der Waals surface area contributed by atoms with E-state index in [9.17, 15) is 14.7 Å². The van der Waals surface area contributed by atoms with Crippen molar-refractivity contribution in [2.45, 2.75) is 32.4 Å². The first-order valence-electron chi connectivity index (χ1n) is 8.32. The first-order chi connectivity index (χ1) is 12.4. The van der Waals surface area contributed by atoms with Crippen LogP contribution in [0.4, 0.5) is 0 Å². The third kappa shape index (κ3) is 3.72. The number of carboxylic acid groups (broad SMARTS) is 1. The monoisotopic (exact) mass is 359 g/mol. The molecule has 1 aromatic heterocycles. The highest BCUT2D eigenvalue weighted by Crippen LogP contribution is 2.22. The third-order valence-electron chi connectivity index (χ3n) is 4.37. The van der Waals surface area contributed by atoms with Gasteiger partial charge in [-0.2, -0.15) is 0 Å². The Kier molecular flexibility index (Phi) is 4.99. The molecule has 1 unspecified atom stereocenters. The number of amides is 1. The van der Waals surface area contributed by atoms with Crippen LogP contribution in [0.15, 0.2) is 34.7 Å². The van der Waals surface area contributed by atoms with Crippen LogP contribution in [0.3, 0.4) is 0 Å². The number of rotatable bonds is 6. The maximum Gasteiger partial charge on any atom is 0.331 e. The normalized spacial score (nSPS) is 19.3. The van der Waals surface area contributed by atoms with Crippen LogP contribution in [0.2, 0.25) is 0 Å². The van der Waals surface area contributed by atoms with Gasteiger partial charge in [-0.15, -0.1) is 0 Å². The van der Waals surface area contributed by atoms with Gasteiger partial charge in [-0.1, -0.05) is 17.7 Å². The molecule has 2 aromatic rings. The molecule has 1 fully saturated rings. The van der Waals surface area contributed by atoms with Gasteiger partial charge in [0.1, 0.15) is 18.1 Å². The third-order valence-corrected chi connectivity index (χ3v) is 4.37. The van der Waals surface area contributed by atoms with Crippen molar-refractivity contribution >= 4 is 11.9 Å². The molecule has 1 aliphatic heterocycles. The Hall–Kier alpha value is -2.80. The Morgan fingerprint density at radius 2 is 2.08 bits per heavy atom. The lowest BCUT2D eigenvalue weighted by Crippen LogP contribution is -2.55. The lowest BCUT2D eigenvalue weighted by atomic mass is 9.99. The van der Waals surface area contributed by atoms with Gasteiger partial charge < -0.3 is 24.3 Å². The van der Waals surface area contributed by atoms with Crippen LogP contribution in [-0.2, 0) is 16.1 Å². The van der Waals surface area contributed by atoms with Crippen LogP contribution in [0.25, 0.3) is 0 Å². The molecule has 7 heteroatoms. The zero-order valence-corrected chi connectivity index (χ0v) is 14.7. The zero-order valence-electron chi connectivity index (χ0n) is 14.7. The van der Waals surface area contributed by atoms with E-state index in [1.54, 1.807) is 6.07 Å². The van der Waals surface area contributed by atoms with Crippen LogP contribution < -0.4 is 10.1 Å². The van der Waals surface area contributed by atoms with Crippen LogP contribution in [0.5, 0.6) is 5.75 Å². The number of carbonyl (C=O) groups excluding carboxylic acids is 1. The van der Waals surface area contributed by atoms with E-state index in [1.807, 2.05) is 32.0 Å². The molecule has 1 atom stereocenters. The number of benzene rings is 1. The molecule has 1 amide bonds. The lowest BCUT2D eigenvalue weighted by Gasteiger charge is -2.22. The first kappa shape index (κ1) is 18.0. The lowest BCUT2D eigenvalue weighted by molar-refractivity contribution is -0.144. The number of carbonyl (C=O) groups is 2. The quantitative estimate of drug-likeness (QED) is 0.822. The second kappa shape index (κ2) is 7.21. The van der Waals surface area contributed by atoms with Gasteiger partial charge >= 0.3 is 5.97 Å². The summed E-state index contributed by atoms with van der Waals surface area (Å²) in [7, 11) is 0. The number of aryl methyl sites for hydroxylation is 2. The summed E-state index contributed by atoms with van der Waals surface area (Å²) >= 11 is 0. The van der Waals surface area contributed by atoms with E-state index in [0.29, 0.717) is 12.4 Å². The number of hydrogen-bond acceptors (Lipinski definition) is 5. The Morgan fingerprint density at radius 1 is 1.27 bits per heavy atom. The Bertz CT molecular complexity index is 819. The van der Waals surface area contributed by atoms with Crippen LogP contribution in [0, 0.1) is 13.8 Å². The van der Waals surface area contributed by atoms with Crippen molar-refractivity contribution in [3.05, 3.63) is 53.0 Å². The minimum Gasteiger partial charge on any atom is -0.485 e. The predicted octanol–water partition coefficient (Wildman–Crippen LogP) is 2.45. The van der Waals surface area contributed by atoms with E-state index in [4.69, 9.17) is 13.9 Å².